The van der Waals surface area contributed by atoms with Crippen LogP contribution in [0.5, 0.6) is 0 Å². The summed E-state index contributed by atoms with van der Waals surface area (Å²) in [4.78, 5) is 0. The van der Waals surface area contributed by atoms with Crippen LogP contribution in [0.4, 0.5) is 0 Å². The second-order valence-corrected chi connectivity index (χ2v) is 2.87. The predicted molar refractivity (Wildman–Crippen MR) is 56.4 cm³/mol. The van der Waals surface area contributed by atoms with Crippen molar-refractivity contribution in [2.45, 2.75) is 13.8 Å². The van der Waals surface area contributed by atoms with Crippen molar-refractivity contribution in [2.75, 3.05) is 0 Å². The van der Waals surface area contributed by atoms with Crippen LogP contribution in [0, 0.1) is 0 Å². The van der Waals surface area contributed by atoms with E-state index in [1.807, 2.05) is 0 Å². The first-order valence-electron chi connectivity index (χ1n) is 3.37. The molecule has 0 aromatic rings. The minimum Gasteiger partial charge on any atom is -0.410 e. The molecule has 8 heteroatoms. The first-order valence-corrected chi connectivity index (χ1v) is 4.13. The molecule has 0 saturated heterocycles. The van der Waals surface area contributed by atoms with Gasteiger partial charge in [0, 0.05) is 0 Å². The van der Waals surface area contributed by atoms with Crippen molar-refractivity contribution in [1.82, 2.24) is 0 Å². The van der Waals surface area contributed by atoms with E-state index in [1.54, 1.807) is 0 Å². The molecule has 0 aliphatic heterocycles. The van der Waals surface area contributed by atoms with Gasteiger partial charge in [-0.3, -0.25) is 0 Å². The maximum absolute atomic E-state index is 8.26. The van der Waals surface area contributed by atoms with Crippen LogP contribution in [0.1, 0.15) is 13.8 Å². The third kappa shape index (κ3) is 4.20. The van der Waals surface area contributed by atoms with E-state index in [4.69, 9.17) is 33.6 Å². The van der Waals surface area contributed by atoms with Crippen LogP contribution < -0.4 is 0 Å². The van der Waals surface area contributed by atoms with E-state index in [1.165, 1.54) is 13.8 Å². The first-order chi connectivity index (χ1) is 6.52. The molecule has 14 heavy (non-hydrogen) atoms. The van der Waals surface area contributed by atoms with E-state index in [0.29, 0.717) is 0 Å². The summed E-state index contributed by atoms with van der Waals surface area (Å²) in [6, 6.07) is 0. The molecule has 0 saturated carbocycles. The minimum atomic E-state index is -0.182. The molecule has 0 radical (unpaired) electrons. The zero-order chi connectivity index (χ0) is 11.1. The Kier molecular flexibility index (Phi) is 5.82. The van der Waals surface area contributed by atoms with Crippen molar-refractivity contribution in [3.05, 3.63) is 0 Å². The maximum atomic E-state index is 8.26. The number of nitrogens with zero attached hydrogens (tertiary/aromatic N) is 4. The molecule has 6 nitrogen and oxygen atoms in total. The van der Waals surface area contributed by atoms with E-state index in [9.17, 15) is 0 Å². The first kappa shape index (κ1) is 12.9. The van der Waals surface area contributed by atoms with Crippen LogP contribution in [-0.2, 0) is 0 Å². The fourth-order valence-electron chi connectivity index (χ4n) is 0.377. The molecule has 0 aromatic heterocycles. The Morgan fingerprint density at radius 1 is 0.857 bits per heavy atom. The summed E-state index contributed by atoms with van der Waals surface area (Å²) in [6.45, 7) is 2.98. The summed E-state index contributed by atoms with van der Waals surface area (Å²) < 4.78 is 0. The lowest BCUT2D eigenvalue weighted by molar-refractivity contribution is 0.321. The van der Waals surface area contributed by atoms with Gasteiger partial charge in [0.05, 0.1) is 0 Å². The number of hydrogen-bond acceptors (Lipinski definition) is 6. The summed E-state index contributed by atoms with van der Waals surface area (Å²) in [5.74, 6) is 0. The molecule has 0 amide bonds. The molecule has 0 spiro atoms. The van der Waals surface area contributed by atoms with Gasteiger partial charge < -0.3 is 10.4 Å². The monoisotopic (exact) mass is 238 g/mol. The van der Waals surface area contributed by atoms with Gasteiger partial charge in [-0.15, -0.1) is 0 Å². The van der Waals surface area contributed by atoms with Crippen LogP contribution in [-0.4, -0.2) is 32.2 Å². The molecule has 0 rings (SSSR count). The second kappa shape index (κ2) is 6.33. The van der Waals surface area contributed by atoms with Crippen LogP contribution in [0.25, 0.3) is 0 Å². The lowest BCUT2D eigenvalue weighted by Crippen LogP contribution is -2.05. The molecule has 0 unspecified atom stereocenters. The summed E-state index contributed by atoms with van der Waals surface area (Å²) in [7, 11) is 0. The van der Waals surface area contributed by atoms with Crippen LogP contribution in [0.15, 0.2) is 20.5 Å². The van der Waals surface area contributed by atoms with Gasteiger partial charge in [-0.05, 0) is 13.8 Å². The van der Waals surface area contributed by atoms with Gasteiger partial charge in [-0.1, -0.05) is 33.5 Å². The Bertz CT molecular complexity index is 290. The zero-order valence-electron chi connectivity index (χ0n) is 7.44. The summed E-state index contributed by atoms with van der Waals surface area (Å²) >= 11 is 10.8. The second-order valence-electron chi connectivity index (χ2n) is 2.15. The van der Waals surface area contributed by atoms with Crippen molar-refractivity contribution in [3.63, 3.8) is 0 Å². The van der Waals surface area contributed by atoms with Crippen LogP contribution in [0.2, 0.25) is 0 Å². The molecular weight excluding hydrogens is 231 g/mol. The van der Waals surface area contributed by atoms with E-state index in [0.717, 1.165) is 0 Å². The van der Waals surface area contributed by atoms with E-state index in [2.05, 4.69) is 20.5 Å². The fraction of sp³-hybridized carbons (Fsp3) is 0.333. The van der Waals surface area contributed by atoms with Gasteiger partial charge in [0.15, 0.2) is 10.3 Å². The summed E-state index contributed by atoms with van der Waals surface area (Å²) in [5.41, 5.74) is 0.409. The van der Waals surface area contributed by atoms with Gasteiger partial charge in [-0.25, -0.2) is 0 Å². The zero-order valence-corrected chi connectivity index (χ0v) is 8.95. The van der Waals surface area contributed by atoms with Gasteiger partial charge in [0.25, 0.3) is 0 Å². The average Bonchev–Trinajstić information content (AvgIpc) is 2.22. The number of hydrogen-bond donors (Lipinski definition) is 2. The third-order valence-corrected chi connectivity index (χ3v) is 1.82. The molecule has 0 atom stereocenters. The molecule has 0 heterocycles. The van der Waals surface area contributed by atoms with Gasteiger partial charge in [-0.2, -0.15) is 10.2 Å². The average molecular weight is 239 g/mol. The number of rotatable bonds is 3. The van der Waals surface area contributed by atoms with Gasteiger partial charge >= 0.3 is 0 Å². The Balaban J connectivity index is 4.71. The molecule has 0 fully saturated rings. The van der Waals surface area contributed by atoms with Crippen LogP contribution >= 0.6 is 23.2 Å². The summed E-state index contributed by atoms with van der Waals surface area (Å²) in [5, 5.41) is 28.7. The Labute approximate surface area is 90.2 Å². The highest BCUT2D eigenvalue weighted by atomic mass is 35.5. The molecule has 0 bridgehead atoms. The van der Waals surface area contributed by atoms with Crippen molar-refractivity contribution in [2.24, 2.45) is 20.5 Å². The van der Waals surface area contributed by atoms with E-state index >= 15 is 0 Å². The highest BCUT2D eigenvalue weighted by Gasteiger charge is 2.01. The molecule has 0 aliphatic rings. The normalized spacial score (nSPS) is 16.0. The highest BCUT2D eigenvalue weighted by Crippen LogP contribution is 1.94. The standard InChI is InChI=1S/C6H8Cl2N4O2/c1-3(5(7)11-13)9-10-4(2)6(8)12-14/h13-14H,1-2H3. The van der Waals surface area contributed by atoms with E-state index in [-0.39, 0.29) is 21.8 Å². The van der Waals surface area contributed by atoms with Gasteiger partial charge in [0.1, 0.15) is 11.4 Å². The largest absolute Gasteiger partial charge is 0.410 e. The Hall–Kier alpha value is -1.14. The van der Waals surface area contributed by atoms with Gasteiger partial charge in [0.2, 0.25) is 0 Å². The van der Waals surface area contributed by atoms with E-state index < -0.39 is 0 Å². The van der Waals surface area contributed by atoms with Crippen molar-refractivity contribution in [1.29, 1.82) is 0 Å². The van der Waals surface area contributed by atoms with Crippen LogP contribution in [0.3, 0.4) is 0 Å². The third-order valence-electron chi connectivity index (χ3n) is 1.12. The predicted octanol–water partition coefficient (Wildman–Crippen LogP) is 1.88. The maximum Gasteiger partial charge on any atom is 0.191 e. The van der Waals surface area contributed by atoms with Crippen molar-refractivity contribution < 1.29 is 10.4 Å². The topological polar surface area (TPSA) is 89.9 Å². The molecule has 0 aliphatic carbocycles. The molecule has 0 aromatic carbocycles. The lowest BCUT2D eigenvalue weighted by atomic mass is 10.4. The SMILES string of the molecule is CC(=NN=C(C)C(Cl)=NO)C(Cl)=NO. The van der Waals surface area contributed by atoms with Crippen molar-refractivity contribution >= 4 is 45.0 Å². The molecule has 78 valence electrons. The molecular formula is C6H8Cl2N4O2. The Morgan fingerprint density at radius 2 is 1.14 bits per heavy atom. The summed E-state index contributed by atoms with van der Waals surface area (Å²) in [6.07, 6.45) is 0. The number of halogens is 2. The molecule has 2 N–H and O–H groups in total. The quantitative estimate of drug-likeness (QED) is 0.447. The smallest absolute Gasteiger partial charge is 0.191 e. The number of oxime groups is 2. The highest BCUT2D eigenvalue weighted by molar-refractivity contribution is 6.84. The lowest BCUT2D eigenvalue weighted by Gasteiger charge is -1.93. The Morgan fingerprint density at radius 3 is 1.36 bits per heavy atom. The fourth-order valence-corrected chi connectivity index (χ4v) is 0.453. The minimum absolute atomic E-state index is 0.182. The van der Waals surface area contributed by atoms with Crippen molar-refractivity contribution in [3.8, 4) is 0 Å².